The number of aromatic nitrogens is 4. The average Bonchev–Trinajstić information content (AvgIpc) is 2.87. The largest absolute Gasteiger partial charge is 0.362 e. The maximum Gasteiger partial charge on any atom is 0.255 e. The summed E-state index contributed by atoms with van der Waals surface area (Å²) in [5.74, 6) is -0.966. The normalized spacial score (nSPS) is 11.1. The molecule has 0 aliphatic rings. The number of fused-ring (bicyclic) bond motifs is 1. The first-order chi connectivity index (χ1) is 9.99. The summed E-state index contributed by atoms with van der Waals surface area (Å²) in [5.41, 5.74) is 0.867. The van der Waals surface area contributed by atoms with E-state index < -0.39 is 11.6 Å². The summed E-state index contributed by atoms with van der Waals surface area (Å²) in [6.45, 7) is 0. The molecule has 2 aromatic heterocycles. The fourth-order valence-electron chi connectivity index (χ4n) is 2.12. The fraction of sp³-hybridized carbons (Fsp3) is 0.154. The van der Waals surface area contributed by atoms with Gasteiger partial charge in [-0.05, 0) is 17.7 Å². The number of anilines is 1. The minimum absolute atomic E-state index is 0.144. The van der Waals surface area contributed by atoms with Gasteiger partial charge in [-0.15, -0.1) is 0 Å². The lowest BCUT2D eigenvalue weighted by molar-refractivity contribution is 0.509. The van der Waals surface area contributed by atoms with Crippen LogP contribution in [-0.4, -0.2) is 33.7 Å². The van der Waals surface area contributed by atoms with Crippen LogP contribution in [0.15, 0.2) is 24.5 Å². The van der Waals surface area contributed by atoms with Gasteiger partial charge in [0.25, 0.3) is 5.78 Å². The highest BCUT2D eigenvalue weighted by Gasteiger charge is 2.19. The second-order valence-electron chi connectivity index (χ2n) is 4.60. The summed E-state index contributed by atoms with van der Waals surface area (Å²) in [6.07, 6.45) is 1.35. The van der Waals surface area contributed by atoms with E-state index in [1.54, 1.807) is 19.0 Å². The van der Waals surface area contributed by atoms with E-state index in [-0.39, 0.29) is 5.15 Å². The predicted molar refractivity (Wildman–Crippen MR) is 75.5 cm³/mol. The lowest BCUT2D eigenvalue weighted by Gasteiger charge is -2.19. The molecule has 8 heteroatoms. The summed E-state index contributed by atoms with van der Waals surface area (Å²) in [4.78, 5) is 9.86. The molecule has 0 saturated carbocycles. The highest BCUT2D eigenvalue weighted by molar-refractivity contribution is 6.33. The fourth-order valence-corrected chi connectivity index (χ4v) is 2.39. The number of hydrogen-bond acceptors (Lipinski definition) is 4. The van der Waals surface area contributed by atoms with Gasteiger partial charge in [0.05, 0.1) is 5.56 Å². The van der Waals surface area contributed by atoms with Crippen molar-refractivity contribution in [3.05, 3.63) is 41.3 Å². The molecule has 0 aliphatic carbocycles. The van der Waals surface area contributed by atoms with Gasteiger partial charge in [-0.25, -0.2) is 8.78 Å². The quantitative estimate of drug-likeness (QED) is 0.683. The molecule has 3 aromatic rings. The van der Waals surface area contributed by atoms with Crippen molar-refractivity contribution < 1.29 is 8.78 Å². The first kappa shape index (κ1) is 13.7. The van der Waals surface area contributed by atoms with Crippen molar-refractivity contribution >= 4 is 23.2 Å². The van der Waals surface area contributed by atoms with Gasteiger partial charge in [-0.2, -0.15) is 19.6 Å². The van der Waals surface area contributed by atoms with E-state index in [0.29, 0.717) is 22.7 Å². The molecule has 0 radical (unpaired) electrons. The van der Waals surface area contributed by atoms with Crippen LogP contribution in [0.2, 0.25) is 5.15 Å². The van der Waals surface area contributed by atoms with Crippen LogP contribution in [0.4, 0.5) is 14.6 Å². The van der Waals surface area contributed by atoms with E-state index in [1.165, 1.54) is 16.9 Å². The van der Waals surface area contributed by atoms with Crippen molar-refractivity contribution in [2.45, 2.75) is 0 Å². The molecule has 5 nitrogen and oxygen atoms in total. The molecular formula is C13H10ClF2N5. The molecule has 21 heavy (non-hydrogen) atoms. The van der Waals surface area contributed by atoms with Crippen molar-refractivity contribution in [1.82, 2.24) is 19.6 Å². The van der Waals surface area contributed by atoms with Gasteiger partial charge in [-0.1, -0.05) is 17.7 Å². The molecular weight excluding hydrogens is 300 g/mol. The minimum atomic E-state index is -0.952. The number of benzene rings is 1. The third-order valence-electron chi connectivity index (χ3n) is 2.99. The molecule has 0 spiro atoms. The Bertz CT molecular complexity index is 831. The highest BCUT2D eigenvalue weighted by atomic mass is 35.5. The van der Waals surface area contributed by atoms with Gasteiger partial charge in [0.1, 0.15) is 17.3 Å². The zero-order chi connectivity index (χ0) is 15.1. The van der Waals surface area contributed by atoms with Crippen LogP contribution in [-0.2, 0) is 0 Å². The molecule has 3 rings (SSSR count). The molecule has 0 amide bonds. The first-order valence-electron chi connectivity index (χ1n) is 6.01. The van der Waals surface area contributed by atoms with E-state index in [4.69, 9.17) is 11.6 Å². The van der Waals surface area contributed by atoms with Gasteiger partial charge >= 0.3 is 0 Å². The average molecular weight is 310 g/mol. The minimum Gasteiger partial charge on any atom is -0.362 e. The van der Waals surface area contributed by atoms with Crippen molar-refractivity contribution in [2.75, 3.05) is 19.0 Å². The summed E-state index contributed by atoms with van der Waals surface area (Å²) in [6, 6.07) is 3.57. The van der Waals surface area contributed by atoms with E-state index in [0.717, 1.165) is 12.1 Å². The maximum absolute atomic E-state index is 13.5. The van der Waals surface area contributed by atoms with E-state index in [2.05, 4.69) is 15.1 Å². The van der Waals surface area contributed by atoms with Crippen molar-refractivity contribution in [3.63, 3.8) is 0 Å². The van der Waals surface area contributed by atoms with Crippen LogP contribution < -0.4 is 4.90 Å². The summed E-state index contributed by atoms with van der Waals surface area (Å²) in [7, 11) is 3.58. The zero-order valence-corrected chi connectivity index (χ0v) is 11.9. The van der Waals surface area contributed by atoms with E-state index >= 15 is 0 Å². The van der Waals surface area contributed by atoms with Crippen molar-refractivity contribution in [3.8, 4) is 11.1 Å². The van der Waals surface area contributed by atoms with E-state index in [9.17, 15) is 8.78 Å². The van der Waals surface area contributed by atoms with Gasteiger partial charge in [0.15, 0.2) is 11.6 Å². The molecule has 0 aliphatic heterocycles. The highest BCUT2D eigenvalue weighted by Crippen LogP contribution is 2.35. The van der Waals surface area contributed by atoms with Gasteiger partial charge < -0.3 is 4.90 Å². The third-order valence-corrected chi connectivity index (χ3v) is 3.26. The maximum atomic E-state index is 13.5. The molecule has 108 valence electrons. The number of hydrogen-bond donors (Lipinski definition) is 0. The van der Waals surface area contributed by atoms with Crippen molar-refractivity contribution in [2.24, 2.45) is 0 Å². The van der Waals surface area contributed by atoms with Gasteiger partial charge in [-0.3, -0.25) is 0 Å². The molecule has 0 saturated heterocycles. The summed E-state index contributed by atoms with van der Waals surface area (Å²) in [5, 5.41) is 4.23. The Kier molecular flexibility index (Phi) is 3.21. The van der Waals surface area contributed by atoms with Gasteiger partial charge in [0, 0.05) is 14.1 Å². The molecule has 0 atom stereocenters. The van der Waals surface area contributed by atoms with Crippen LogP contribution in [0.25, 0.3) is 16.9 Å². The van der Waals surface area contributed by atoms with Gasteiger partial charge in [0.2, 0.25) is 0 Å². The SMILES string of the molecule is CN(C)c1c(-c2ccc(F)c(F)c2)c(Cl)nc2ncnn12. The lowest BCUT2D eigenvalue weighted by atomic mass is 10.1. The molecule has 2 heterocycles. The molecule has 0 fully saturated rings. The number of nitrogens with zero attached hydrogens (tertiary/aromatic N) is 5. The van der Waals surface area contributed by atoms with Crippen LogP contribution in [0.5, 0.6) is 0 Å². The summed E-state index contributed by atoms with van der Waals surface area (Å²) < 4.78 is 28.1. The predicted octanol–water partition coefficient (Wildman–Crippen LogP) is 2.79. The Labute approximate surface area is 123 Å². The second-order valence-corrected chi connectivity index (χ2v) is 4.95. The van der Waals surface area contributed by atoms with Crippen LogP contribution in [0.3, 0.4) is 0 Å². The van der Waals surface area contributed by atoms with Crippen molar-refractivity contribution in [1.29, 1.82) is 0 Å². The van der Waals surface area contributed by atoms with Crippen LogP contribution in [0.1, 0.15) is 0 Å². The molecule has 1 aromatic carbocycles. The summed E-state index contributed by atoms with van der Waals surface area (Å²) >= 11 is 6.20. The zero-order valence-electron chi connectivity index (χ0n) is 11.2. The number of rotatable bonds is 2. The Morgan fingerprint density at radius 2 is 1.95 bits per heavy atom. The molecule has 0 N–H and O–H groups in total. The Morgan fingerprint density at radius 1 is 1.19 bits per heavy atom. The Balaban J connectivity index is 2.37. The second kappa shape index (κ2) is 4.92. The third kappa shape index (κ3) is 2.19. The smallest absolute Gasteiger partial charge is 0.255 e. The Hall–Kier alpha value is -2.28. The number of halogens is 3. The van der Waals surface area contributed by atoms with E-state index in [1.807, 2.05) is 0 Å². The van der Waals surface area contributed by atoms with Crippen LogP contribution in [0, 0.1) is 11.6 Å². The standard InChI is InChI=1S/C13H10ClF2N5/c1-20(2)12-10(7-3-4-8(15)9(16)5-7)11(14)19-13-17-6-18-21(12)13/h3-6H,1-2H3. The Morgan fingerprint density at radius 3 is 2.62 bits per heavy atom. The molecule has 0 unspecified atom stereocenters. The lowest BCUT2D eigenvalue weighted by Crippen LogP contribution is -2.16. The topological polar surface area (TPSA) is 46.3 Å². The first-order valence-corrected chi connectivity index (χ1v) is 6.39. The molecule has 0 bridgehead atoms. The monoisotopic (exact) mass is 309 g/mol. The van der Waals surface area contributed by atoms with Crippen LogP contribution >= 0.6 is 11.6 Å².